The van der Waals surface area contributed by atoms with Gasteiger partial charge in [0.05, 0.1) is 12.3 Å². The fourth-order valence-electron chi connectivity index (χ4n) is 2.13. The summed E-state index contributed by atoms with van der Waals surface area (Å²) in [7, 11) is -3.32. The molecule has 0 saturated heterocycles. The Balaban J connectivity index is 2.32. The summed E-state index contributed by atoms with van der Waals surface area (Å²) < 4.78 is 25.4. The van der Waals surface area contributed by atoms with E-state index in [0.29, 0.717) is 17.3 Å². The molecular formula is C12H14N2O3S. The van der Waals surface area contributed by atoms with Crippen LogP contribution in [0.3, 0.4) is 0 Å². The Morgan fingerprint density at radius 1 is 1.44 bits per heavy atom. The molecule has 1 N–H and O–H groups in total. The molecule has 18 heavy (non-hydrogen) atoms. The zero-order valence-corrected chi connectivity index (χ0v) is 10.8. The Morgan fingerprint density at radius 2 is 2.17 bits per heavy atom. The summed E-state index contributed by atoms with van der Waals surface area (Å²) in [4.78, 5) is 4.39. The topological polar surface area (TPSA) is 71.7 Å². The minimum Gasteiger partial charge on any atom is -0.390 e. The van der Waals surface area contributed by atoms with Gasteiger partial charge in [-0.05, 0) is 30.4 Å². The van der Waals surface area contributed by atoms with Crippen molar-refractivity contribution in [3.8, 4) is 0 Å². The molecule has 0 unspecified atom stereocenters. The van der Waals surface area contributed by atoms with Crippen LogP contribution in [0, 0.1) is 0 Å². The molecule has 0 aliphatic heterocycles. The summed E-state index contributed by atoms with van der Waals surface area (Å²) in [5, 5.41) is 9.10. The third-order valence-electron chi connectivity index (χ3n) is 3.20. The number of sulfone groups is 1. The van der Waals surface area contributed by atoms with Crippen molar-refractivity contribution in [2.24, 2.45) is 0 Å². The molecule has 0 atom stereocenters. The summed E-state index contributed by atoms with van der Waals surface area (Å²) in [5.41, 5.74) is 1.91. The number of hydrogen-bond acceptors (Lipinski definition) is 4. The predicted octanol–water partition coefficient (Wildman–Crippen LogP) is 1.11. The van der Waals surface area contributed by atoms with E-state index in [2.05, 4.69) is 4.98 Å². The first-order valence-electron chi connectivity index (χ1n) is 5.81. The van der Waals surface area contributed by atoms with Crippen LogP contribution in [0.4, 0.5) is 0 Å². The summed E-state index contributed by atoms with van der Waals surface area (Å²) >= 11 is 0. The molecule has 1 fully saturated rings. The first-order chi connectivity index (χ1) is 8.49. The van der Waals surface area contributed by atoms with Gasteiger partial charge >= 0.3 is 0 Å². The van der Waals surface area contributed by atoms with Gasteiger partial charge in [-0.2, -0.15) is 0 Å². The van der Waals surface area contributed by atoms with Gasteiger partial charge < -0.3 is 9.51 Å². The van der Waals surface area contributed by atoms with Gasteiger partial charge in [-0.15, -0.1) is 0 Å². The van der Waals surface area contributed by atoms with Gasteiger partial charge in [0.15, 0.2) is 15.5 Å². The van der Waals surface area contributed by atoms with E-state index in [0.717, 1.165) is 18.4 Å². The van der Waals surface area contributed by atoms with E-state index in [9.17, 15) is 8.42 Å². The highest BCUT2D eigenvalue weighted by Gasteiger charge is 2.26. The van der Waals surface area contributed by atoms with Crippen molar-refractivity contribution in [2.45, 2.75) is 30.3 Å². The van der Waals surface area contributed by atoms with E-state index in [1.54, 1.807) is 16.7 Å². The van der Waals surface area contributed by atoms with Crippen molar-refractivity contribution in [3.05, 3.63) is 29.7 Å². The Morgan fingerprint density at radius 3 is 2.72 bits per heavy atom. The van der Waals surface area contributed by atoms with Crippen LogP contribution in [-0.2, 0) is 16.4 Å². The van der Waals surface area contributed by atoms with E-state index >= 15 is 0 Å². The molecule has 0 radical (unpaired) electrons. The lowest BCUT2D eigenvalue weighted by Gasteiger charge is -2.05. The second-order valence-corrected chi connectivity index (χ2v) is 6.79. The first kappa shape index (κ1) is 11.7. The van der Waals surface area contributed by atoms with Gasteiger partial charge in [0.25, 0.3) is 0 Å². The number of imidazole rings is 1. The molecule has 0 amide bonds. The lowest BCUT2D eigenvalue weighted by molar-refractivity contribution is 0.277. The molecule has 5 nitrogen and oxygen atoms in total. The lowest BCUT2D eigenvalue weighted by atomic mass is 10.2. The third kappa shape index (κ3) is 1.91. The molecule has 0 bridgehead atoms. The van der Waals surface area contributed by atoms with E-state index in [1.807, 2.05) is 6.20 Å². The highest BCUT2D eigenvalue weighted by Crippen LogP contribution is 2.41. The van der Waals surface area contributed by atoms with E-state index < -0.39 is 9.84 Å². The van der Waals surface area contributed by atoms with Crippen molar-refractivity contribution in [3.63, 3.8) is 0 Å². The van der Waals surface area contributed by atoms with Crippen LogP contribution in [-0.4, -0.2) is 29.2 Å². The van der Waals surface area contributed by atoms with Crippen molar-refractivity contribution >= 4 is 15.5 Å². The predicted molar refractivity (Wildman–Crippen MR) is 66.2 cm³/mol. The number of aliphatic hydroxyl groups excluding tert-OH is 1. The molecule has 0 aromatic carbocycles. The number of hydrogen-bond donors (Lipinski definition) is 1. The van der Waals surface area contributed by atoms with Crippen molar-refractivity contribution < 1.29 is 13.5 Å². The number of rotatable bonds is 3. The fourth-order valence-corrected chi connectivity index (χ4v) is 2.96. The van der Waals surface area contributed by atoms with E-state index in [4.69, 9.17) is 5.11 Å². The zero-order valence-electron chi connectivity index (χ0n) is 10.00. The van der Waals surface area contributed by atoms with Crippen LogP contribution in [0.2, 0.25) is 0 Å². The van der Waals surface area contributed by atoms with Crippen LogP contribution in [0.25, 0.3) is 5.65 Å². The van der Waals surface area contributed by atoms with Crippen molar-refractivity contribution in [1.82, 2.24) is 9.38 Å². The molecule has 96 valence electrons. The van der Waals surface area contributed by atoms with Crippen LogP contribution >= 0.6 is 0 Å². The molecule has 2 aromatic rings. The number of nitrogens with zero attached hydrogens (tertiary/aromatic N) is 2. The number of aromatic nitrogens is 2. The Labute approximate surface area is 105 Å². The van der Waals surface area contributed by atoms with Gasteiger partial charge in [-0.1, -0.05) is 0 Å². The minimum atomic E-state index is -3.32. The second-order valence-electron chi connectivity index (χ2n) is 4.81. The maximum absolute atomic E-state index is 11.8. The first-order valence-corrected chi connectivity index (χ1v) is 7.70. The molecule has 1 saturated carbocycles. The molecule has 2 heterocycles. The Bertz CT molecular complexity index is 714. The number of aliphatic hydroxyl groups is 1. The van der Waals surface area contributed by atoms with Gasteiger partial charge in [-0.25, -0.2) is 13.4 Å². The number of fused-ring (bicyclic) bond motifs is 1. The van der Waals surface area contributed by atoms with Crippen LogP contribution in [0.15, 0.2) is 23.4 Å². The summed E-state index contributed by atoms with van der Waals surface area (Å²) in [6, 6.07) is 1.72. The highest BCUT2D eigenvalue weighted by atomic mass is 32.2. The standard InChI is InChI=1S/C12H14N2O3S/c1-18(16,17)11-4-9(8-2-3-8)5-14-6-10(7-15)13-12(11)14/h4-6,8,15H,2-3,7H2,1H3. The van der Waals surface area contributed by atoms with Crippen LogP contribution in [0.5, 0.6) is 0 Å². The second kappa shape index (κ2) is 3.80. The summed E-state index contributed by atoms with van der Waals surface area (Å²) in [6.45, 7) is -0.191. The van der Waals surface area contributed by atoms with Crippen LogP contribution in [0.1, 0.15) is 30.0 Å². The average molecular weight is 266 g/mol. The normalized spacial score (nSPS) is 16.3. The smallest absolute Gasteiger partial charge is 0.179 e. The maximum atomic E-state index is 11.8. The van der Waals surface area contributed by atoms with Gasteiger partial charge in [0, 0.05) is 18.6 Å². The molecule has 2 aromatic heterocycles. The number of pyridine rings is 1. The molecule has 3 rings (SSSR count). The molecule has 1 aliphatic rings. The largest absolute Gasteiger partial charge is 0.390 e. The SMILES string of the molecule is CS(=O)(=O)c1cc(C2CC2)cn2cc(CO)nc12. The van der Waals surface area contributed by atoms with E-state index in [1.165, 1.54) is 6.26 Å². The highest BCUT2D eigenvalue weighted by molar-refractivity contribution is 7.91. The molecule has 1 aliphatic carbocycles. The maximum Gasteiger partial charge on any atom is 0.179 e. The van der Waals surface area contributed by atoms with Crippen LogP contribution < -0.4 is 0 Å². The van der Waals surface area contributed by atoms with Crippen molar-refractivity contribution in [2.75, 3.05) is 6.26 Å². The third-order valence-corrected chi connectivity index (χ3v) is 4.30. The Hall–Kier alpha value is -1.40. The van der Waals surface area contributed by atoms with Gasteiger partial charge in [0.1, 0.15) is 4.90 Å². The minimum absolute atomic E-state index is 0.191. The monoisotopic (exact) mass is 266 g/mol. The average Bonchev–Trinajstić information content (AvgIpc) is 3.06. The summed E-state index contributed by atoms with van der Waals surface area (Å²) in [5.74, 6) is 0.467. The zero-order chi connectivity index (χ0) is 12.9. The fraction of sp³-hybridized carbons (Fsp3) is 0.417. The lowest BCUT2D eigenvalue weighted by Crippen LogP contribution is -2.02. The quantitative estimate of drug-likeness (QED) is 0.903. The molecule has 6 heteroatoms. The van der Waals surface area contributed by atoms with Gasteiger partial charge in [0.2, 0.25) is 0 Å². The Kier molecular flexibility index (Phi) is 2.46. The summed E-state index contributed by atoms with van der Waals surface area (Å²) in [6.07, 6.45) is 6.99. The van der Waals surface area contributed by atoms with Gasteiger partial charge in [-0.3, -0.25) is 0 Å². The molecular weight excluding hydrogens is 252 g/mol. The molecule has 0 spiro atoms. The van der Waals surface area contributed by atoms with E-state index in [-0.39, 0.29) is 11.5 Å². The van der Waals surface area contributed by atoms with Crippen molar-refractivity contribution in [1.29, 1.82) is 0 Å².